The number of nitrogens with zero attached hydrogens (tertiary/aromatic N) is 1. The van der Waals surface area contributed by atoms with Gasteiger partial charge in [-0.1, -0.05) is 23.7 Å². The minimum absolute atomic E-state index is 0.186. The molecular formula is C14H23ClN2O. The first-order valence-corrected chi connectivity index (χ1v) is 6.77. The highest BCUT2D eigenvalue weighted by atomic mass is 35.5. The van der Waals surface area contributed by atoms with Crippen LogP contribution in [0.3, 0.4) is 0 Å². The standard InChI is InChI=1S/C14H23ClN2O/c1-11(2)17(3)9-5-8-16-10-12-6-4-7-13(15)14(12)18/h4,6-7,11,16,18H,5,8-10H2,1-3H3. The van der Waals surface area contributed by atoms with Crippen LogP contribution in [0.1, 0.15) is 25.8 Å². The lowest BCUT2D eigenvalue weighted by Crippen LogP contribution is -2.29. The zero-order chi connectivity index (χ0) is 13.5. The van der Waals surface area contributed by atoms with Crippen LogP contribution in [0.15, 0.2) is 18.2 Å². The molecule has 4 heteroatoms. The molecule has 1 rings (SSSR count). The van der Waals surface area contributed by atoms with Gasteiger partial charge >= 0.3 is 0 Å². The van der Waals surface area contributed by atoms with Gasteiger partial charge in [0.25, 0.3) is 0 Å². The summed E-state index contributed by atoms with van der Waals surface area (Å²) in [5.74, 6) is 0.186. The molecule has 2 N–H and O–H groups in total. The summed E-state index contributed by atoms with van der Waals surface area (Å²) in [6, 6.07) is 6.01. The van der Waals surface area contributed by atoms with Gasteiger partial charge in [0.1, 0.15) is 5.75 Å². The second-order valence-electron chi connectivity index (χ2n) is 4.85. The first-order valence-electron chi connectivity index (χ1n) is 6.39. The Morgan fingerprint density at radius 1 is 1.39 bits per heavy atom. The van der Waals surface area contributed by atoms with Crippen LogP contribution in [0.5, 0.6) is 5.75 Å². The first kappa shape index (κ1) is 15.3. The van der Waals surface area contributed by atoms with Crippen LogP contribution in [0.2, 0.25) is 5.02 Å². The van der Waals surface area contributed by atoms with E-state index in [1.54, 1.807) is 6.07 Å². The molecule has 0 atom stereocenters. The zero-order valence-electron chi connectivity index (χ0n) is 11.4. The van der Waals surface area contributed by atoms with Gasteiger partial charge < -0.3 is 15.3 Å². The molecular weight excluding hydrogens is 248 g/mol. The fourth-order valence-corrected chi connectivity index (χ4v) is 1.83. The lowest BCUT2D eigenvalue weighted by molar-refractivity contribution is 0.269. The summed E-state index contributed by atoms with van der Waals surface area (Å²) < 4.78 is 0. The fourth-order valence-electron chi connectivity index (χ4n) is 1.64. The van der Waals surface area contributed by atoms with Gasteiger partial charge in [0.05, 0.1) is 5.02 Å². The number of hydrogen-bond acceptors (Lipinski definition) is 3. The summed E-state index contributed by atoms with van der Waals surface area (Å²) in [5, 5.41) is 13.5. The molecule has 0 unspecified atom stereocenters. The maximum absolute atomic E-state index is 9.73. The Morgan fingerprint density at radius 2 is 2.11 bits per heavy atom. The minimum atomic E-state index is 0.186. The van der Waals surface area contributed by atoms with Crippen molar-refractivity contribution in [3.63, 3.8) is 0 Å². The third-order valence-corrected chi connectivity index (χ3v) is 3.44. The molecule has 0 aliphatic carbocycles. The smallest absolute Gasteiger partial charge is 0.138 e. The van der Waals surface area contributed by atoms with Crippen molar-refractivity contribution in [2.45, 2.75) is 32.9 Å². The number of phenolic OH excluding ortho intramolecular Hbond substituents is 1. The van der Waals surface area contributed by atoms with Gasteiger partial charge in [-0.15, -0.1) is 0 Å². The van der Waals surface area contributed by atoms with Crippen molar-refractivity contribution < 1.29 is 5.11 Å². The van der Waals surface area contributed by atoms with Crippen molar-refractivity contribution in [2.24, 2.45) is 0 Å². The Kier molecular flexibility index (Phi) is 6.47. The lowest BCUT2D eigenvalue weighted by atomic mass is 10.2. The SMILES string of the molecule is CC(C)N(C)CCCNCc1cccc(Cl)c1O. The molecule has 0 saturated carbocycles. The Labute approximate surface area is 115 Å². The second-order valence-corrected chi connectivity index (χ2v) is 5.26. The van der Waals surface area contributed by atoms with Gasteiger partial charge in [0, 0.05) is 18.2 Å². The van der Waals surface area contributed by atoms with Crippen molar-refractivity contribution in [1.29, 1.82) is 0 Å². The number of benzene rings is 1. The highest BCUT2D eigenvalue weighted by Crippen LogP contribution is 2.26. The van der Waals surface area contributed by atoms with Gasteiger partial charge in [-0.2, -0.15) is 0 Å². The van der Waals surface area contributed by atoms with E-state index in [1.807, 2.05) is 12.1 Å². The van der Waals surface area contributed by atoms with Crippen molar-refractivity contribution in [3.8, 4) is 5.75 Å². The summed E-state index contributed by atoms with van der Waals surface area (Å²) in [7, 11) is 2.13. The number of halogens is 1. The Bertz CT molecular complexity index is 369. The topological polar surface area (TPSA) is 35.5 Å². The maximum atomic E-state index is 9.73. The lowest BCUT2D eigenvalue weighted by Gasteiger charge is -2.20. The molecule has 0 aliphatic heterocycles. The molecule has 0 radical (unpaired) electrons. The van der Waals surface area contributed by atoms with Crippen LogP contribution in [0.25, 0.3) is 0 Å². The summed E-state index contributed by atoms with van der Waals surface area (Å²) in [6.45, 7) is 7.04. The molecule has 3 nitrogen and oxygen atoms in total. The van der Waals surface area contributed by atoms with Crippen LogP contribution in [0.4, 0.5) is 0 Å². The van der Waals surface area contributed by atoms with Crippen LogP contribution < -0.4 is 5.32 Å². The largest absolute Gasteiger partial charge is 0.506 e. The molecule has 1 aromatic rings. The van der Waals surface area contributed by atoms with Crippen LogP contribution in [-0.4, -0.2) is 36.2 Å². The van der Waals surface area contributed by atoms with Crippen LogP contribution in [0, 0.1) is 0 Å². The molecule has 0 aliphatic rings. The Morgan fingerprint density at radius 3 is 2.78 bits per heavy atom. The number of nitrogens with one attached hydrogen (secondary N) is 1. The molecule has 0 spiro atoms. The van der Waals surface area contributed by atoms with E-state index in [2.05, 4.69) is 31.1 Å². The highest BCUT2D eigenvalue weighted by Gasteiger charge is 2.05. The molecule has 0 fully saturated rings. The molecule has 1 aromatic carbocycles. The summed E-state index contributed by atoms with van der Waals surface area (Å²) >= 11 is 5.85. The van der Waals surface area contributed by atoms with E-state index < -0.39 is 0 Å². The summed E-state index contributed by atoms with van der Waals surface area (Å²) in [5.41, 5.74) is 0.847. The Hall–Kier alpha value is -0.770. The predicted molar refractivity (Wildman–Crippen MR) is 77.2 cm³/mol. The monoisotopic (exact) mass is 270 g/mol. The van der Waals surface area contributed by atoms with Crippen molar-refractivity contribution in [2.75, 3.05) is 20.1 Å². The fraction of sp³-hybridized carbons (Fsp3) is 0.571. The molecule has 0 bridgehead atoms. The molecule has 0 heterocycles. The van der Waals surface area contributed by atoms with Gasteiger partial charge in [-0.05, 0) is 46.5 Å². The van der Waals surface area contributed by atoms with Gasteiger partial charge in [0.15, 0.2) is 0 Å². The zero-order valence-corrected chi connectivity index (χ0v) is 12.2. The van der Waals surface area contributed by atoms with E-state index in [9.17, 15) is 5.11 Å². The minimum Gasteiger partial charge on any atom is -0.506 e. The predicted octanol–water partition coefficient (Wildman–Crippen LogP) is 2.87. The van der Waals surface area contributed by atoms with E-state index in [-0.39, 0.29) is 5.75 Å². The quantitative estimate of drug-likeness (QED) is 0.748. The van der Waals surface area contributed by atoms with Crippen molar-refractivity contribution >= 4 is 11.6 Å². The number of aromatic hydroxyl groups is 1. The van der Waals surface area contributed by atoms with E-state index in [0.717, 1.165) is 25.1 Å². The van der Waals surface area contributed by atoms with Crippen LogP contribution in [-0.2, 0) is 6.54 Å². The molecule has 18 heavy (non-hydrogen) atoms. The number of phenols is 1. The van der Waals surface area contributed by atoms with Crippen LogP contribution >= 0.6 is 11.6 Å². The Balaban J connectivity index is 2.24. The van der Waals surface area contributed by atoms with Crippen molar-refractivity contribution in [3.05, 3.63) is 28.8 Å². The van der Waals surface area contributed by atoms with Gasteiger partial charge in [-0.25, -0.2) is 0 Å². The second kappa shape index (κ2) is 7.62. The number of rotatable bonds is 7. The van der Waals surface area contributed by atoms with E-state index >= 15 is 0 Å². The van der Waals surface area contributed by atoms with E-state index in [1.165, 1.54) is 0 Å². The number of hydrogen-bond donors (Lipinski definition) is 2. The normalized spacial score (nSPS) is 11.4. The third kappa shape index (κ3) is 4.84. The van der Waals surface area contributed by atoms with E-state index in [0.29, 0.717) is 17.6 Å². The molecule has 102 valence electrons. The molecule has 0 amide bonds. The average molecular weight is 271 g/mol. The highest BCUT2D eigenvalue weighted by molar-refractivity contribution is 6.32. The summed E-state index contributed by atoms with van der Waals surface area (Å²) in [6.07, 6.45) is 1.09. The maximum Gasteiger partial charge on any atom is 0.138 e. The first-order chi connectivity index (χ1) is 8.52. The molecule has 0 aromatic heterocycles. The third-order valence-electron chi connectivity index (χ3n) is 3.13. The van der Waals surface area contributed by atoms with Gasteiger partial charge in [-0.3, -0.25) is 0 Å². The van der Waals surface area contributed by atoms with Crippen molar-refractivity contribution in [1.82, 2.24) is 10.2 Å². The average Bonchev–Trinajstić information content (AvgIpc) is 2.33. The van der Waals surface area contributed by atoms with Gasteiger partial charge in [0.2, 0.25) is 0 Å². The summed E-state index contributed by atoms with van der Waals surface area (Å²) in [4.78, 5) is 2.32. The van der Waals surface area contributed by atoms with E-state index in [4.69, 9.17) is 11.6 Å². The number of para-hydroxylation sites is 1. The molecule has 0 saturated heterocycles.